The van der Waals surface area contributed by atoms with E-state index in [2.05, 4.69) is 20.8 Å². The Morgan fingerprint density at radius 3 is 2.31 bits per heavy atom. The van der Waals surface area contributed by atoms with Crippen LogP contribution in [0.4, 0.5) is 0 Å². The first-order valence-corrected chi connectivity index (χ1v) is 5.29. The summed E-state index contributed by atoms with van der Waals surface area (Å²) in [6, 6.07) is 0.396. The molecule has 0 radical (unpaired) electrons. The second-order valence-corrected chi connectivity index (χ2v) is 4.70. The maximum atomic E-state index is 11.7. The molecule has 1 atom stereocenters. The smallest absolute Gasteiger partial charge is 0.225 e. The number of nitrogens with zero attached hydrogens (tertiary/aromatic N) is 1. The van der Waals surface area contributed by atoms with Crippen LogP contribution in [0.1, 0.15) is 40.0 Å². The third kappa shape index (κ3) is 3.02. The third-order valence-corrected chi connectivity index (χ3v) is 2.75. The van der Waals surface area contributed by atoms with Crippen molar-refractivity contribution in [3.8, 4) is 0 Å². The molecule has 1 rings (SSSR count). The summed E-state index contributed by atoms with van der Waals surface area (Å²) in [7, 11) is 1.94. The first kappa shape index (κ1) is 10.6. The topological polar surface area (TPSA) is 20.3 Å². The standard InChI is InChI=1S/C11H21NO/c1-8(2)7-9(3)12(4)11(13)10-5-6-10/h8-10H,5-7H2,1-4H3. The Morgan fingerprint density at radius 2 is 1.92 bits per heavy atom. The molecule has 0 heterocycles. The zero-order chi connectivity index (χ0) is 10.0. The summed E-state index contributed by atoms with van der Waals surface area (Å²) in [6.07, 6.45) is 3.32. The zero-order valence-corrected chi connectivity index (χ0v) is 9.21. The van der Waals surface area contributed by atoms with Crippen LogP contribution in [0, 0.1) is 11.8 Å². The van der Waals surface area contributed by atoms with E-state index in [-0.39, 0.29) is 0 Å². The summed E-state index contributed by atoms with van der Waals surface area (Å²) in [5.74, 6) is 1.39. The van der Waals surface area contributed by atoms with Crippen molar-refractivity contribution in [1.82, 2.24) is 4.90 Å². The van der Waals surface area contributed by atoms with E-state index in [0.29, 0.717) is 23.8 Å². The van der Waals surface area contributed by atoms with Gasteiger partial charge in [-0.05, 0) is 32.1 Å². The second-order valence-electron chi connectivity index (χ2n) is 4.70. The summed E-state index contributed by atoms with van der Waals surface area (Å²) in [5, 5.41) is 0. The summed E-state index contributed by atoms with van der Waals surface area (Å²) < 4.78 is 0. The molecule has 76 valence electrons. The lowest BCUT2D eigenvalue weighted by molar-refractivity contribution is -0.133. The number of carbonyl (C=O) groups excluding carboxylic acids is 1. The molecule has 1 saturated carbocycles. The molecule has 0 aromatic heterocycles. The molecule has 2 nitrogen and oxygen atoms in total. The minimum atomic E-state index is 0.355. The van der Waals surface area contributed by atoms with E-state index in [1.165, 1.54) is 0 Å². The Balaban J connectivity index is 2.35. The van der Waals surface area contributed by atoms with Crippen LogP contribution < -0.4 is 0 Å². The highest BCUT2D eigenvalue weighted by Crippen LogP contribution is 2.31. The maximum absolute atomic E-state index is 11.7. The molecule has 0 bridgehead atoms. The minimum Gasteiger partial charge on any atom is -0.343 e. The van der Waals surface area contributed by atoms with E-state index >= 15 is 0 Å². The Hall–Kier alpha value is -0.530. The van der Waals surface area contributed by atoms with Crippen molar-refractivity contribution >= 4 is 5.91 Å². The van der Waals surface area contributed by atoms with Crippen LogP contribution >= 0.6 is 0 Å². The molecule has 13 heavy (non-hydrogen) atoms. The number of amides is 1. The van der Waals surface area contributed by atoms with E-state index < -0.39 is 0 Å². The largest absolute Gasteiger partial charge is 0.343 e. The van der Waals surface area contributed by atoms with E-state index in [9.17, 15) is 4.79 Å². The summed E-state index contributed by atoms with van der Waals surface area (Å²) in [4.78, 5) is 13.6. The van der Waals surface area contributed by atoms with Crippen molar-refractivity contribution in [3.63, 3.8) is 0 Å². The predicted octanol–water partition coefficient (Wildman–Crippen LogP) is 2.29. The lowest BCUT2D eigenvalue weighted by atomic mass is 10.0. The second kappa shape index (κ2) is 4.12. The molecular formula is C11H21NO. The Labute approximate surface area is 81.3 Å². The van der Waals surface area contributed by atoms with E-state index in [4.69, 9.17) is 0 Å². The number of rotatable bonds is 4. The van der Waals surface area contributed by atoms with Gasteiger partial charge in [0.2, 0.25) is 5.91 Å². The molecular weight excluding hydrogens is 162 g/mol. The van der Waals surface area contributed by atoms with Gasteiger partial charge in [0.1, 0.15) is 0 Å². The van der Waals surface area contributed by atoms with Crippen molar-refractivity contribution in [1.29, 1.82) is 0 Å². The molecule has 0 aromatic carbocycles. The molecule has 0 saturated heterocycles. The monoisotopic (exact) mass is 183 g/mol. The fourth-order valence-corrected chi connectivity index (χ4v) is 1.68. The van der Waals surface area contributed by atoms with Crippen molar-refractivity contribution < 1.29 is 4.79 Å². The van der Waals surface area contributed by atoms with E-state index in [1.807, 2.05) is 11.9 Å². The van der Waals surface area contributed by atoms with Gasteiger partial charge >= 0.3 is 0 Å². The highest BCUT2D eigenvalue weighted by atomic mass is 16.2. The number of hydrogen-bond acceptors (Lipinski definition) is 1. The van der Waals surface area contributed by atoms with Gasteiger partial charge < -0.3 is 4.90 Å². The molecule has 0 aliphatic heterocycles. The van der Waals surface area contributed by atoms with E-state index in [0.717, 1.165) is 19.3 Å². The normalized spacial score (nSPS) is 18.8. The van der Waals surface area contributed by atoms with E-state index in [1.54, 1.807) is 0 Å². The lowest BCUT2D eigenvalue weighted by Gasteiger charge is -2.26. The van der Waals surface area contributed by atoms with Crippen LogP contribution in [-0.2, 0) is 4.79 Å². The highest BCUT2D eigenvalue weighted by Gasteiger charge is 2.33. The first-order chi connectivity index (χ1) is 6.02. The van der Waals surface area contributed by atoms with Crippen LogP contribution in [0.25, 0.3) is 0 Å². The Kier molecular flexibility index (Phi) is 3.34. The number of carbonyl (C=O) groups is 1. The van der Waals surface area contributed by atoms with Gasteiger partial charge in [-0.15, -0.1) is 0 Å². The third-order valence-electron chi connectivity index (χ3n) is 2.75. The van der Waals surface area contributed by atoms with Crippen molar-refractivity contribution in [2.75, 3.05) is 7.05 Å². The van der Waals surface area contributed by atoms with Gasteiger partial charge in [0.25, 0.3) is 0 Å². The average Bonchev–Trinajstić information content (AvgIpc) is 2.82. The molecule has 0 aromatic rings. The molecule has 1 aliphatic carbocycles. The summed E-state index contributed by atoms with van der Waals surface area (Å²) >= 11 is 0. The quantitative estimate of drug-likeness (QED) is 0.655. The fraction of sp³-hybridized carbons (Fsp3) is 0.909. The van der Waals surface area contributed by atoms with Crippen LogP contribution in [0.15, 0.2) is 0 Å². The van der Waals surface area contributed by atoms with Gasteiger partial charge in [-0.1, -0.05) is 13.8 Å². The first-order valence-electron chi connectivity index (χ1n) is 5.29. The van der Waals surface area contributed by atoms with Crippen LogP contribution in [-0.4, -0.2) is 23.9 Å². The molecule has 2 heteroatoms. The van der Waals surface area contributed by atoms with Crippen molar-refractivity contribution in [2.45, 2.75) is 46.1 Å². The molecule has 1 unspecified atom stereocenters. The highest BCUT2D eigenvalue weighted by molar-refractivity contribution is 5.81. The fourth-order valence-electron chi connectivity index (χ4n) is 1.68. The van der Waals surface area contributed by atoms with Gasteiger partial charge in [0.15, 0.2) is 0 Å². The van der Waals surface area contributed by atoms with Gasteiger partial charge in [0, 0.05) is 19.0 Å². The molecule has 0 spiro atoms. The Morgan fingerprint density at radius 1 is 1.38 bits per heavy atom. The van der Waals surface area contributed by atoms with Crippen molar-refractivity contribution in [3.05, 3.63) is 0 Å². The molecule has 1 aliphatic rings. The van der Waals surface area contributed by atoms with Gasteiger partial charge in [-0.25, -0.2) is 0 Å². The summed E-state index contributed by atoms with van der Waals surface area (Å²) in [5.41, 5.74) is 0. The van der Waals surface area contributed by atoms with Crippen LogP contribution in [0.5, 0.6) is 0 Å². The van der Waals surface area contributed by atoms with Crippen LogP contribution in [0.3, 0.4) is 0 Å². The van der Waals surface area contributed by atoms with Crippen molar-refractivity contribution in [2.24, 2.45) is 11.8 Å². The predicted molar refractivity (Wildman–Crippen MR) is 54.4 cm³/mol. The van der Waals surface area contributed by atoms with Crippen LogP contribution in [0.2, 0.25) is 0 Å². The van der Waals surface area contributed by atoms with Gasteiger partial charge in [0.05, 0.1) is 0 Å². The molecule has 0 N–H and O–H groups in total. The van der Waals surface area contributed by atoms with Gasteiger partial charge in [-0.2, -0.15) is 0 Å². The minimum absolute atomic E-state index is 0.355. The zero-order valence-electron chi connectivity index (χ0n) is 9.21. The average molecular weight is 183 g/mol. The lowest BCUT2D eigenvalue weighted by Crippen LogP contribution is -2.36. The maximum Gasteiger partial charge on any atom is 0.225 e. The SMILES string of the molecule is CC(C)CC(C)N(C)C(=O)C1CC1. The Bertz CT molecular complexity index is 185. The number of hydrogen-bond donors (Lipinski definition) is 0. The summed E-state index contributed by atoms with van der Waals surface area (Å²) in [6.45, 7) is 6.54. The molecule has 1 fully saturated rings. The molecule has 1 amide bonds. The van der Waals surface area contributed by atoms with Gasteiger partial charge in [-0.3, -0.25) is 4.79 Å².